The quantitative estimate of drug-likeness (QED) is 0.673. The molecular formula is C21H21N5O2S. The Balaban J connectivity index is 1.49. The molecule has 1 aliphatic heterocycles. The highest BCUT2D eigenvalue weighted by Crippen LogP contribution is 2.28. The Kier molecular flexibility index (Phi) is 5.26. The van der Waals surface area contributed by atoms with Crippen molar-refractivity contribution in [3.8, 4) is 11.4 Å². The van der Waals surface area contributed by atoms with Crippen LogP contribution in [0, 0.1) is 5.92 Å². The topological polar surface area (TPSA) is 87.2 Å². The summed E-state index contributed by atoms with van der Waals surface area (Å²) in [7, 11) is 0. The Labute approximate surface area is 172 Å². The summed E-state index contributed by atoms with van der Waals surface area (Å²) >= 11 is 1.33. The number of hydrogen-bond acceptors (Lipinski definition) is 6. The van der Waals surface area contributed by atoms with Gasteiger partial charge in [0.15, 0.2) is 5.13 Å². The van der Waals surface area contributed by atoms with E-state index in [4.69, 9.17) is 0 Å². The van der Waals surface area contributed by atoms with E-state index in [1.54, 1.807) is 17.2 Å². The van der Waals surface area contributed by atoms with Crippen LogP contribution in [0.1, 0.15) is 24.2 Å². The van der Waals surface area contributed by atoms with Crippen molar-refractivity contribution in [3.63, 3.8) is 0 Å². The number of aromatic nitrogens is 2. The highest BCUT2D eigenvalue weighted by atomic mass is 32.1. The van der Waals surface area contributed by atoms with Crippen molar-refractivity contribution in [3.05, 3.63) is 59.6 Å². The van der Waals surface area contributed by atoms with Crippen molar-refractivity contribution in [1.82, 2.24) is 14.9 Å². The van der Waals surface area contributed by atoms with Crippen LogP contribution in [-0.2, 0) is 4.79 Å². The molecule has 2 amide bonds. The summed E-state index contributed by atoms with van der Waals surface area (Å²) in [4.78, 5) is 35.9. The van der Waals surface area contributed by atoms with Gasteiger partial charge in [0.1, 0.15) is 18.4 Å². The molecule has 29 heavy (non-hydrogen) atoms. The summed E-state index contributed by atoms with van der Waals surface area (Å²) in [6, 6.07) is 13.0. The van der Waals surface area contributed by atoms with Crippen LogP contribution < -0.4 is 10.6 Å². The minimum absolute atomic E-state index is 0.0541. The standard InChI is InChI=1S/C21H21N5O2S/c1-13(2)19-23-15-8-4-3-7-14(15)20(28)26(19)11-18(27)25-21-24-17(12-29-21)16-9-5-6-10-22-16/h3-10,12-13,19,23H,11H2,1-2H3,(H,24,25,27)/t19-/m1/s1. The zero-order chi connectivity index (χ0) is 20.4. The molecule has 0 aliphatic carbocycles. The molecule has 0 saturated carbocycles. The van der Waals surface area contributed by atoms with Gasteiger partial charge in [0.25, 0.3) is 5.91 Å². The monoisotopic (exact) mass is 407 g/mol. The number of pyridine rings is 1. The van der Waals surface area contributed by atoms with E-state index in [0.717, 1.165) is 11.4 Å². The Morgan fingerprint density at radius 3 is 2.76 bits per heavy atom. The van der Waals surface area contributed by atoms with Crippen molar-refractivity contribution in [1.29, 1.82) is 0 Å². The molecule has 1 aliphatic rings. The third kappa shape index (κ3) is 3.97. The van der Waals surface area contributed by atoms with Gasteiger partial charge in [-0.3, -0.25) is 14.6 Å². The zero-order valence-electron chi connectivity index (χ0n) is 16.1. The van der Waals surface area contributed by atoms with Gasteiger partial charge in [-0.15, -0.1) is 11.3 Å². The Morgan fingerprint density at radius 2 is 2.00 bits per heavy atom. The molecular weight excluding hydrogens is 386 g/mol. The second kappa shape index (κ2) is 8.00. The van der Waals surface area contributed by atoms with E-state index in [-0.39, 0.29) is 30.4 Å². The van der Waals surface area contributed by atoms with E-state index in [1.165, 1.54) is 11.3 Å². The van der Waals surface area contributed by atoms with Gasteiger partial charge in [0.2, 0.25) is 5.91 Å². The summed E-state index contributed by atoms with van der Waals surface area (Å²) in [5, 5.41) is 8.50. The number of anilines is 2. The molecule has 3 aromatic rings. The van der Waals surface area contributed by atoms with E-state index in [1.807, 2.05) is 55.6 Å². The SMILES string of the molecule is CC(C)[C@@H]1Nc2ccccc2C(=O)N1CC(=O)Nc1nc(-c2ccccn2)cs1. The van der Waals surface area contributed by atoms with Crippen LogP contribution in [0.5, 0.6) is 0 Å². The van der Waals surface area contributed by atoms with E-state index in [2.05, 4.69) is 20.6 Å². The van der Waals surface area contributed by atoms with Crippen LogP contribution in [0.15, 0.2) is 54.0 Å². The van der Waals surface area contributed by atoms with Crippen LogP contribution in [0.3, 0.4) is 0 Å². The van der Waals surface area contributed by atoms with Crippen molar-refractivity contribution >= 4 is 34.0 Å². The van der Waals surface area contributed by atoms with Crippen LogP contribution in [0.25, 0.3) is 11.4 Å². The van der Waals surface area contributed by atoms with Crippen molar-refractivity contribution in [2.75, 3.05) is 17.2 Å². The minimum Gasteiger partial charge on any atom is -0.364 e. The minimum atomic E-state index is -0.285. The van der Waals surface area contributed by atoms with Crippen molar-refractivity contribution in [2.45, 2.75) is 20.0 Å². The van der Waals surface area contributed by atoms with Crippen molar-refractivity contribution in [2.24, 2.45) is 5.92 Å². The molecule has 0 saturated heterocycles. The molecule has 148 valence electrons. The average molecular weight is 407 g/mol. The van der Waals surface area contributed by atoms with Crippen LogP contribution in [0.2, 0.25) is 0 Å². The first-order valence-corrected chi connectivity index (χ1v) is 10.2. The number of amides is 2. The maximum Gasteiger partial charge on any atom is 0.258 e. The molecule has 1 aromatic carbocycles. The first-order chi connectivity index (χ1) is 14.0. The number of nitrogens with one attached hydrogen (secondary N) is 2. The third-order valence-electron chi connectivity index (χ3n) is 4.68. The van der Waals surface area contributed by atoms with Crippen LogP contribution in [-0.4, -0.2) is 39.4 Å². The molecule has 0 unspecified atom stereocenters. The maximum absolute atomic E-state index is 13.0. The summed E-state index contributed by atoms with van der Waals surface area (Å²) < 4.78 is 0. The first kappa shape index (κ1) is 19.1. The van der Waals surface area contributed by atoms with E-state index in [0.29, 0.717) is 16.4 Å². The fourth-order valence-electron chi connectivity index (χ4n) is 3.29. The molecule has 0 radical (unpaired) electrons. The molecule has 0 fully saturated rings. The number of nitrogens with zero attached hydrogens (tertiary/aromatic N) is 3. The lowest BCUT2D eigenvalue weighted by Gasteiger charge is -2.39. The number of hydrogen-bond donors (Lipinski definition) is 2. The number of thiazole rings is 1. The van der Waals surface area contributed by atoms with Crippen molar-refractivity contribution < 1.29 is 9.59 Å². The van der Waals surface area contributed by atoms with E-state index < -0.39 is 0 Å². The zero-order valence-corrected chi connectivity index (χ0v) is 16.9. The number of benzene rings is 1. The van der Waals surface area contributed by atoms with E-state index >= 15 is 0 Å². The summed E-state index contributed by atoms with van der Waals surface area (Å²) in [5.74, 6) is -0.302. The molecule has 1 atom stereocenters. The van der Waals surface area contributed by atoms with Gasteiger partial charge in [0.05, 0.1) is 11.3 Å². The molecule has 4 rings (SSSR count). The lowest BCUT2D eigenvalue weighted by atomic mass is 10.0. The van der Waals surface area contributed by atoms with Gasteiger partial charge in [-0.25, -0.2) is 4.98 Å². The normalized spacial score (nSPS) is 15.8. The first-order valence-electron chi connectivity index (χ1n) is 9.36. The number of fused-ring (bicyclic) bond motifs is 1. The predicted octanol–water partition coefficient (Wildman–Crippen LogP) is 3.69. The second-order valence-electron chi connectivity index (χ2n) is 7.11. The Bertz CT molecular complexity index is 1030. The number of carbonyl (C=O) groups excluding carboxylic acids is 2. The lowest BCUT2D eigenvalue weighted by molar-refractivity contribution is -0.117. The fourth-order valence-corrected chi connectivity index (χ4v) is 4.01. The molecule has 3 heterocycles. The van der Waals surface area contributed by atoms with Gasteiger partial charge in [-0.05, 0) is 30.2 Å². The molecule has 2 N–H and O–H groups in total. The molecule has 8 heteroatoms. The van der Waals surface area contributed by atoms with E-state index in [9.17, 15) is 9.59 Å². The largest absolute Gasteiger partial charge is 0.364 e. The average Bonchev–Trinajstić information content (AvgIpc) is 3.19. The Hall–Kier alpha value is -3.26. The maximum atomic E-state index is 13.0. The summed E-state index contributed by atoms with van der Waals surface area (Å²) in [6.45, 7) is 3.98. The number of para-hydroxylation sites is 1. The van der Waals surface area contributed by atoms with Crippen LogP contribution >= 0.6 is 11.3 Å². The van der Waals surface area contributed by atoms with Gasteiger partial charge < -0.3 is 15.5 Å². The van der Waals surface area contributed by atoms with Gasteiger partial charge >= 0.3 is 0 Å². The van der Waals surface area contributed by atoms with Gasteiger partial charge in [-0.1, -0.05) is 32.0 Å². The third-order valence-corrected chi connectivity index (χ3v) is 5.44. The second-order valence-corrected chi connectivity index (χ2v) is 7.97. The predicted molar refractivity (Wildman–Crippen MR) is 114 cm³/mol. The number of rotatable bonds is 5. The fraction of sp³-hybridized carbons (Fsp3) is 0.238. The van der Waals surface area contributed by atoms with Crippen LogP contribution in [0.4, 0.5) is 10.8 Å². The highest BCUT2D eigenvalue weighted by Gasteiger charge is 2.34. The molecule has 7 nitrogen and oxygen atoms in total. The smallest absolute Gasteiger partial charge is 0.258 e. The lowest BCUT2D eigenvalue weighted by Crippen LogP contribution is -2.53. The molecule has 2 aromatic heterocycles. The summed E-state index contributed by atoms with van der Waals surface area (Å²) in [6.07, 6.45) is 1.44. The summed E-state index contributed by atoms with van der Waals surface area (Å²) in [5.41, 5.74) is 2.82. The molecule has 0 bridgehead atoms. The number of carbonyl (C=O) groups is 2. The van der Waals surface area contributed by atoms with Gasteiger partial charge in [-0.2, -0.15) is 0 Å². The highest BCUT2D eigenvalue weighted by molar-refractivity contribution is 7.14. The van der Waals surface area contributed by atoms with Gasteiger partial charge in [0, 0.05) is 17.3 Å². The Morgan fingerprint density at radius 1 is 1.21 bits per heavy atom. The molecule has 0 spiro atoms.